The number of amides is 1. The normalized spacial score (nSPS) is 41.8. The lowest BCUT2D eigenvalue weighted by Crippen LogP contribution is -2.60. The Morgan fingerprint density at radius 3 is 2.92 bits per heavy atom. The van der Waals surface area contributed by atoms with Gasteiger partial charge in [0.15, 0.2) is 0 Å². The number of nitrogens with one attached hydrogen (secondary N) is 2. The SMILES string of the molecule is CC1NC(=O)C2CCCCC2N1. The molecule has 3 unspecified atom stereocenters. The number of hydrogen-bond acceptors (Lipinski definition) is 2. The van der Waals surface area contributed by atoms with Crippen molar-refractivity contribution in [2.45, 2.75) is 44.8 Å². The lowest BCUT2D eigenvalue weighted by molar-refractivity contribution is -0.130. The van der Waals surface area contributed by atoms with Gasteiger partial charge in [-0.25, -0.2) is 0 Å². The number of carbonyl (C=O) groups is 1. The lowest BCUT2D eigenvalue weighted by Gasteiger charge is -2.38. The highest BCUT2D eigenvalue weighted by Gasteiger charge is 2.35. The summed E-state index contributed by atoms with van der Waals surface area (Å²) in [6.07, 6.45) is 4.88. The van der Waals surface area contributed by atoms with E-state index in [1.807, 2.05) is 6.92 Å². The van der Waals surface area contributed by atoms with Crippen molar-refractivity contribution in [2.75, 3.05) is 0 Å². The first-order chi connectivity index (χ1) is 5.77. The van der Waals surface area contributed by atoms with Gasteiger partial charge in [-0.05, 0) is 19.8 Å². The summed E-state index contributed by atoms with van der Waals surface area (Å²) in [7, 11) is 0. The van der Waals surface area contributed by atoms with Crippen LogP contribution in [0.25, 0.3) is 0 Å². The van der Waals surface area contributed by atoms with E-state index >= 15 is 0 Å². The molecule has 12 heavy (non-hydrogen) atoms. The maximum atomic E-state index is 11.5. The fraction of sp³-hybridized carbons (Fsp3) is 0.889. The van der Waals surface area contributed by atoms with Crippen molar-refractivity contribution < 1.29 is 4.79 Å². The van der Waals surface area contributed by atoms with Crippen molar-refractivity contribution >= 4 is 5.91 Å². The largest absolute Gasteiger partial charge is 0.341 e. The van der Waals surface area contributed by atoms with Crippen LogP contribution in [0.5, 0.6) is 0 Å². The van der Waals surface area contributed by atoms with E-state index in [2.05, 4.69) is 10.6 Å². The number of fused-ring (bicyclic) bond motifs is 1. The summed E-state index contributed by atoms with van der Waals surface area (Å²) in [6.45, 7) is 2.00. The topological polar surface area (TPSA) is 41.1 Å². The van der Waals surface area contributed by atoms with Crippen LogP contribution in [0, 0.1) is 5.92 Å². The molecule has 0 aromatic rings. The number of hydrogen-bond donors (Lipinski definition) is 2. The van der Waals surface area contributed by atoms with E-state index in [1.165, 1.54) is 19.3 Å². The number of carbonyl (C=O) groups excluding carboxylic acids is 1. The first-order valence-corrected chi connectivity index (χ1v) is 4.84. The summed E-state index contributed by atoms with van der Waals surface area (Å²) in [5.74, 6) is 0.501. The third-order valence-corrected chi connectivity index (χ3v) is 2.93. The fourth-order valence-electron chi connectivity index (χ4n) is 2.33. The van der Waals surface area contributed by atoms with Crippen molar-refractivity contribution in [3.05, 3.63) is 0 Å². The first kappa shape index (κ1) is 8.05. The molecule has 2 fully saturated rings. The molecule has 1 amide bonds. The second kappa shape index (κ2) is 3.05. The highest BCUT2D eigenvalue weighted by molar-refractivity contribution is 5.80. The summed E-state index contributed by atoms with van der Waals surface area (Å²) < 4.78 is 0. The fourth-order valence-corrected chi connectivity index (χ4v) is 2.33. The minimum atomic E-state index is 0.164. The monoisotopic (exact) mass is 168 g/mol. The Morgan fingerprint density at radius 1 is 1.33 bits per heavy atom. The average Bonchev–Trinajstić information content (AvgIpc) is 2.04. The molecular weight excluding hydrogens is 152 g/mol. The molecule has 1 saturated carbocycles. The summed E-state index contributed by atoms with van der Waals surface area (Å²) in [5, 5.41) is 6.35. The molecular formula is C9H16N2O. The Balaban J connectivity index is 2.06. The molecule has 0 aromatic carbocycles. The molecule has 2 aliphatic rings. The maximum absolute atomic E-state index is 11.5. The predicted molar refractivity (Wildman–Crippen MR) is 46.5 cm³/mol. The van der Waals surface area contributed by atoms with Crippen LogP contribution in [-0.4, -0.2) is 18.1 Å². The molecule has 2 rings (SSSR count). The third-order valence-electron chi connectivity index (χ3n) is 2.93. The molecule has 0 spiro atoms. The highest BCUT2D eigenvalue weighted by atomic mass is 16.2. The molecule has 2 N–H and O–H groups in total. The van der Waals surface area contributed by atoms with E-state index in [-0.39, 0.29) is 18.0 Å². The van der Waals surface area contributed by atoms with Crippen LogP contribution in [0.3, 0.4) is 0 Å². The minimum Gasteiger partial charge on any atom is -0.341 e. The highest BCUT2D eigenvalue weighted by Crippen LogP contribution is 2.26. The zero-order valence-electron chi connectivity index (χ0n) is 7.47. The summed E-state index contributed by atoms with van der Waals surface area (Å²) in [6, 6.07) is 0.447. The van der Waals surface area contributed by atoms with Crippen molar-refractivity contribution in [2.24, 2.45) is 5.92 Å². The van der Waals surface area contributed by atoms with E-state index < -0.39 is 0 Å². The summed E-state index contributed by atoms with van der Waals surface area (Å²) in [5.41, 5.74) is 0. The molecule has 68 valence electrons. The van der Waals surface area contributed by atoms with E-state index in [0.29, 0.717) is 6.04 Å². The average molecular weight is 168 g/mol. The van der Waals surface area contributed by atoms with Gasteiger partial charge < -0.3 is 5.32 Å². The van der Waals surface area contributed by atoms with Crippen LogP contribution in [0.2, 0.25) is 0 Å². The Hall–Kier alpha value is -0.570. The quantitative estimate of drug-likeness (QED) is 0.556. The standard InChI is InChI=1S/C9H16N2O/c1-6-10-8-5-3-2-4-7(8)9(12)11-6/h6-8,10H,2-5H2,1H3,(H,11,12). The predicted octanol–water partition coefficient (Wildman–Crippen LogP) is 0.611. The molecule has 3 heteroatoms. The second-order valence-corrected chi connectivity index (χ2v) is 3.89. The van der Waals surface area contributed by atoms with Gasteiger partial charge >= 0.3 is 0 Å². The second-order valence-electron chi connectivity index (χ2n) is 3.89. The van der Waals surface area contributed by atoms with Gasteiger partial charge in [0.1, 0.15) is 0 Å². The molecule has 1 aliphatic heterocycles. The lowest BCUT2D eigenvalue weighted by atomic mass is 9.82. The van der Waals surface area contributed by atoms with Gasteiger partial charge in [0, 0.05) is 6.04 Å². The van der Waals surface area contributed by atoms with E-state index in [4.69, 9.17) is 0 Å². The van der Waals surface area contributed by atoms with Gasteiger partial charge in [-0.1, -0.05) is 12.8 Å². The summed E-state index contributed by atoms with van der Waals surface area (Å²) >= 11 is 0. The molecule has 3 nitrogen and oxygen atoms in total. The van der Waals surface area contributed by atoms with Gasteiger partial charge in [-0.3, -0.25) is 10.1 Å². The van der Waals surface area contributed by atoms with Crippen LogP contribution in [-0.2, 0) is 4.79 Å². The zero-order valence-corrected chi connectivity index (χ0v) is 7.47. The molecule has 0 aromatic heterocycles. The number of rotatable bonds is 0. The molecule has 0 radical (unpaired) electrons. The van der Waals surface area contributed by atoms with Gasteiger partial charge in [0.2, 0.25) is 5.91 Å². The molecule has 3 atom stereocenters. The molecule has 1 saturated heterocycles. The van der Waals surface area contributed by atoms with Crippen LogP contribution >= 0.6 is 0 Å². The molecule has 1 aliphatic carbocycles. The van der Waals surface area contributed by atoms with Crippen LogP contribution < -0.4 is 10.6 Å². The van der Waals surface area contributed by atoms with Crippen LogP contribution in [0.15, 0.2) is 0 Å². The van der Waals surface area contributed by atoms with E-state index in [0.717, 1.165) is 6.42 Å². The zero-order chi connectivity index (χ0) is 8.55. The first-order valence-electron chi connectivity index (χ1n) is 4.84. The van der Waals surface area contributed by atoms with Crippen LogP contribution in [0.1, 0.15) is 32.6 Å². The Morgan fingerprint density at radius 2 is 2.08 bits per heavy atom. The van der Waals surface area contributed by atoms with Crippen molar-refractivity contribution in [1.29, 1.82) is 0 Å². The van der Waals surface area contributed by atoms with Crippen molar-refractivity contribution in [3.63, 3.8) is 0 Å². The Labute approximate surface area is 72.9 Å². The summed E-state index contributed by atoms with van der Waals surface area (Å²) in [4.78, 5) is 11.5. The van der Waals surface area contributed by atoms with Gasteiger partial charge in [-0.2, -0.15) is 0 Å². The van der Waals surface area contributed by atoms with Gasteiger partial charge in [-0.15, -0.1) is 0 Å². The van der Waals surface area contributed by atoms with Crippen molar-refractivity contribution in [3.8, 4) is 0 Å². The molecule has 1 heterocycles. The molecule has 0 bridgehead atoms. The third kappa shape index (κ3) is 1.33. The Kier molecular flexibility index (Phi) is 2.05. The van der Waals surface area contributed by atoms with Crippen LogP contribution in [0.4, 0.5) is 0 Å². The van der Waals surface area contributed by atoms with Crippen molar-refractivity contribution in [1.82, 2.24) is 10.6 Å². The van der Waals surface area contributed by atoms with Gasteiger partial charge in [0.25, 0.3) is 0 Å². The smallest absolute Gasteiger partial charge is 0.225 e. The minimum absolute atomic E-state index is 0.164. The Bertz CT molecular complexity index is 193. The maximum Gasteiger partial charge on any atom is 0.225 e. The van der Waals surface area contributed by atoms with E-state index in [1.54, 1.807) is 0 Å². The van der Waals surface area contributed by atoms with E-state index in [9.17, 15) is 4.79 Å². The van der Waals surface area contributed by atoms with Gasteiger partial charge in [0.05, 0.1) is 12.1 Å².